The second kappa shape index (κ2) is 8.04. The summed E-state index contributed by atoms with van der Waals surface area (Å²) in [6.45, 7) is 0. The Morgan fingerprint density at radius 2 is 1.77 bits per heavy atom. The zero-order chi connectivity index (χ0) is 18.5. The average Bonchev–Trinajstić information content (AvgIpc) is 2.65. The highest BCUT2D eigenvalue weighted by Crippen LogP contribution is 2.37. The Labute approximate surface area is 160 Å². The monoisotopic (exact) mass is 385 g/mol. The number of aromatic nitrogens is 1. The molecular formula is C20H13Cl2NO3. The summed E-state index contributed by atoms with van der Waals surface area (Å²) in [6.07, 6.45) is 4.63. The summed E-state index contributed by atoms with van der Waals surface area (Å²) in [7, 11) is 0. The van der Waals surface area contributed by atoms with Crippen molar-refractivity contribution in [2.45, 2.75) is 0 Å². The number of aromatic hydroxyl groups is 1. The summed E-state index contributed by atoms with van der Waals surface area (Å²) in [4.78, 5) is 16.6. The van der Waals surface area contributed by atoms with Gasteiger partial charge in [0.15, 0.2) is 17.3 Å². The first-order valence-electron chi connectivity index (χ1n) is 7.63. The van der Waals surface area contributed by atoms with E-state index in [0.29, 0.717) is 0 Å². The van der Waals surface area contributed by atoms with Crippen LogP contribution in [0.25, 0.3) is 6.08 Å². The van der Waals surface area contributed by atoms with Crippen LogP contribution in [0, 0.1) is 0 Å². The normalized spacial score (nSPS) is 10.8. The predicted molar refractivity (Wildman–Crippen MR) is 102 cm³/mol. The van der Waals surface area contributed by atoms with Gasteiger partial charge in [0.05, 0.1) is 15.6 Å². The van der Waals surface area contributed by atoms with Crippen molar-refractivity contribution in [3.8, 4) is 17.4 Å². The zero-order valence-corrected chi connectivity index (χ0v) is 14.9. The Morgan fingerprint density at radius 3 is 2.54 bits per heavy atom. The molecule has 1 N–H and O–H groups in total. The van der Waals surface area contributed by atoms with Gasteiger partial charge < -0.3 is 9.84 Å². The molecule has 3 rings (SSSR count). The highest BCUT2D eigenvalue weighted by Gasteiger charge is 2.15. The standard InChI is InChI=1S/C20H13Cl2NO3/c21-15-11-18(25)19(12-16(15)22)26-20-14(7-4-10-23-20)17(24)9-8-13-5-2-1-3-6-13/h1-12,25H/b9-8+. The lowest BCUT2D eigenvalue weighted by molar-refractivity contribution is 0.104. The number of hydrogen-bond acceptors (Lipinski definition) is 4. The topological polar surface area (TPSA) is 59.4 Å². The second-order valence-corrected chi connectivity index (χ2v) is 6.11. The van der Waals surface area contributed by atoms with Gasteiger partial charge in [0.1, 0.15) is 0 Å². The number of carbonyl (C=O) groups is 1. The summed E-state index contributed by atoms with van der Waals surface area (Å²) in [5, 5.41) is 10.4. The van der Waals surface area contributed by atoms with Gasteiger partial charge in [0, 0.05) is 18.3 Å². The molecule has 0 aliphatic heterocycles. The maximum Gasteiger partial charge on any atom is 0.230 e. The Balaban J connectivity index is 1.88. The van der Waals surface area contributed by atoms with Gasteiger partial charge in [-0.1, -0.05) is 59.6 Å². The molecule has 1 heterocycles. The van der Waals surface area contributed by atoms with Crippen molar-refractivity contribution in [1.82, 2.24) is 4.98 Å². The molecule has 6 heteroatoms. The van der Waals surface area contributed by atoms with E-state index in [1.54, 1.807) is 18.2 Å². The number of carbonyl (C=O) groups excluding carboxylic acids is 1. The van der Waals surface area contributed by atoms with Gasteiger partial charge in [-0.3, -0.25) is 4.79 Å². The Morgan fingerprint density at radius 1 is 1.04 bits per heavy atom. The van der Waals surface area contributed by atoms with Crippen LogP contribution in [-0.2, 0) is 0 Å². The number of allylic oxidation sites excluding steroid dienone is 1. The van der Waals surface area contributed by atoms with Crippen molar-refractivity contribution in [1.29, 1.82) is 0 Å². The van der Waals surface area contributed by atoms with Crippen LogP contribution >= 0.6 is 23.2 Å². The summed E-state index contributed by atoms with van der Waals surface area (Å²) < 4.78 is 5.59. The van der Waals surface area contributed by atoms with Crippen LogP contribution in [0.2, 0.25) is 10.0 Å². The van der Waals surface area contributed by atoms with Crippen molar-refractivity contribution in [2.24, 2.45) is 0 Å². The van der Waals surface area contributed by atoms with Gasteiger partial charge in [-0.05, 0) is 23.8 Å². The third kappa shape index (κ3) is 4.23. The van der Waals surface area contributed by atoms with Crippen LogP contribution in [0.1, 0.15) is 15.9 Å². The Kier molecular flexibility index (Phi) is 5.56. The first kappa shape index (κ1) is 18.0. The highest BCUT2D eigenvalue weighted by atomic mass is 35.5. The minimum atomic E-state index is -0.281. The van der Waals surface area contributed by atoms with Gasteiger partial charge in [-0.15, -0.1) is 0 Å². The van der Waals surface area contributed by atoms with Crippen LogP contribution in [0.15, 0.2) is 66.9 Å². The number of nitrogens with zero attached hydrogens (tertiary/aromatic N) is 1. The van der Waals surface area contributed by atoms with Gasteiger partial charge >= 0.3 is 0 Å². The number of hydrogen-bond donors (Lipinski definition) is 1. The highest BCUT2D eigenvalue weighted by molar-refractivity contribution is 6.42. The van der Waals surface area contributed by atoms with Crippen molar-refractivity contribution < 1.29 is 14.6 Å². The number of pyridine rings is 1. The first-order chi connectivity index (χ1) is 12.5. The number of phenolic OH excluding ortho intramolecular Hbond substituents is 1. The van der Waals surface area contributed by atoms with Gasteiger partial charge in [0.25, 0.3) is 0 Å². The minimum absolute atomic E-state index is 0.0548. The van der Waals surface area contributed by atoms with Crippen LogP contribution in [-0.4, -0.2) is 15.9 Å². The second-order valence-electron chi connectivity index (χ2n) is 5.30. The molecule has 0 unspecified atom stereocenters. The van der Waals surface area contributed by atoms with E-state index in [0.717, 1.165) is 5.56 Å². The number of halogens is 2. The van der Waals surface area contributed by atoms with Gasteiger partial charge in [0.2, 0.25) is 5.88 Å². The van der Waals surface area contributed by atoms with Crippen LogP contribution in [0.3, 0.4) is 0 Å². The molecule has 0 bridgehead atoms. The Hall–Kier alpha value is -2.82. The molecule has 3 aromatic rings. The van der Waals surface area contributed by atoms with Crippen molar-refractivity contribution in [3.05, 3.63) is 88.0 Å². The SMILES string of the molecule is O=C(/C=C/c1ccccc1)c1cccnc1Oc1cc(Cl)c(Cl)cc1O. The fourth-order valence-corrected chi connectivity index (χ4v) is 2.50. The third-order valence-electron chi connectivity index (χ3n) is 3.47. The molecule has 0 aliphatic carbocycles. The smallest absolute Gasteiger partial charge is 0.230 e. The Bertz CT molecular complexity index is 972. The molecule has 0 amide bonds. The van der Waals surface area contributed by atoms with Crippen LogP contribution in [0.4, 0.5) is 0 Å². The van der Waals surface area contributed by atoms with E-state index in [4.69, 9.17) is 27.9 Å². The van der Waals surface area contributed by atoms with E-state index in [-0.39, 0.29) is 38.8 Å². The maximum absolute atomic E-state index is 12.5. The average molecular weight is 386 g/mol. The van der Waals surface area contributed by atoms with E-state index in [9.17, 15) is 9.90 Å². The minimum Gasteiger partial charge on any atom is -0.504 e. The summed E-state index contributed by atoms with van der Waals surface area (Å²) in [5.74, 6) is -0.372. The largest absolute Gasteiger partial charge is 0.504 e. The summed E-state index contributed by atoms with van der Waals surface area (Å²) >= 11 is 11.8. The van der Waals surface area contributed by atoms with E-state index in [2.05, 4.69) is 4.98 Å². The van der Waals surface area contributed by atoms with E-state index in [1.807, 2.05) is 30.3 Å². The summed E-state index contributed by atoms with van der Waals surface area (Å²) in [5.41, 5.74) is 1.15. The van der Waals surface area contributed by atoms with Crippen LogP contribution < -0.4 is 4.74 Å². The molecule has 0 radical (unpaired) electrons. The number of rotatable bonds is 5. The van der Waals surface area contributed by atoms with E-state index < -0.39 is 0 Å². The molecule has 0 saturated carbocycles. The zero-order valence-electron chi connectivity index (χ0n) is 13.4. The quantitative estimate of drug-likeness (QED) is 0.446. The number of ether oxygens (including phenoxy) is 1. The molecule has 4 nitrogen and oxygen atoms in total. The van der Waals surface area contributed by atoms with Crippen molar-refractivity contribution in [3.63, 3.8) is 0 Å². The molecule has 0 atom stereocenters. The fraction of sp³-hybridized carbons (Fsp3) is 0. The molecule has 0 aliphatic rings. The lowest BCUT2D eigenvalue weighted by Crippen LogP contribution is -2.00. The predicted octanol–water partition coefficient (Wildman–Crippen LogP) is 5.78. The van der Waals surface area contributed by atoms with E-state index in [1.165, 1.54) is 24.4 Å². The van der Waals surface area contributed by atoms with Crippen molar-refractivity contribution >= 4 is 35.1 Å². The lowest BCUT2D eigenvalue weighted by atomic mass is 10.1. The van der Waals surface area contributed by atoms with Gasteiger partial charge in [-0.25, -0.2) is 4.98 Å². The number of ketones is 1. The van der Waals surface area contributed by atoms with Crippen LogP contribution in [0.5, 0.6) is 17.4 Å². The molecule has 0 spiro atoms. The molecule has 26 heavy (non-hydrogen) atoms. The maximum atomic E-state index is 12.5. The molecule has 2 aromatic carbocycles. The summed E-state index contributed by atoms with van der Waals surface area (Å²) in [6, 6.07) is 15.3. The third-order valence-corrected chi connectivity index (χ3v) is 4.19. The molecule has 0 fully saturated rings. The number of benzene rings is 2. The lowest BCUT2D eigenvalue weighted by Gasteiger charge is -2.10. The molecule has 130 valence electrons. The molecular weight excluding hydrogens is 373 g/mol. The van der Waals surface area contributed by atoms with Crippen molar-refractivity contribution in [2.75, 3.05) is 0 Å². The molecule has 0 saturated heterocycles. The fourth-order valence-electron chi connectivity index (χ4n) is 2.19. The number of phenols is 1. The van der Waals surface area contributed by atoms with Gasteiger partial charge in [-0.2, -0.15) is 0 Å². The van der Waals surface area contributed by atoms with E-state index >= 15 is 0 Å². The molecule has 1 aromatic heterocycles. The first-order valence-corrected chi connectivity index (χ1v) is 8.38.